The maximum atomic E-state index is 11.1. The number of nitrogens with zero attached hydrogens (tertiary/aromatic N) is 1. The van der Waals surface area contributed by atoms with Crippen LogP contribution in [0.1, 0.15) is 10.4 Å². The average Bonchev–Trinajstić information content (AvgIpc) is 2.08. The maximum Gasteiger partial charge on any atom is 0.178 e. The third-order valence-corrected chi connectivity index (χ3v) is 1.82. The number of halogens is 2. The number of nitrogens with two attached hydrogens (primary N) is 1. The largest absolute Gasteiger partial charge is 0.324 e. The van der Waals surface area contributed by atoms with Crippen molar-refractivity contribution in [3.63, 3.8) is 0 Å². The highest BCUT2D eigenvalue weighted by Crippen LogP contribution is 2.17. The summed E-state index contributed by atoms with van der Waals surface area (Å²) in [5.74, 6) is -0.246. The zero-order valence-electron chi connectivity index (χ0n) is 6.05. The number of ketones is 1. The van der Waals surface area contributed by atoms with E-state index in [2.05, 4.69) is 4.98 Å². The molecular weight excluding hydrogens is 199 g/mol. The molecule has 0 amide bonds. The first-order valence-electron chi connectivity index (χ1n) is 3.19. The molecule has 0 bridgehead atoms. The Morgan fingerprint density at radius 2 is 2.25 bits per heavy atom. The molecule has 5 heteroatoms. The molecule has 0 unspecified atom stereocenters. The van der Waals surface area contributed by atoms with Crippen LogP contribution >= 0.6 is 23.2 Å². The molecule has 12 heavy (non-hydrogen) atoms. The van der Waals surface area contributed by atoms with Gasteiger partial charge in [0.2, 0.25) is 0 Å². The molecule has 2 N–H and O–H groups in total. The normalized spacial score (nSPS) is 9.92. The minimum Gasteiger partial charge on any atom is -0.324 e. The van der Waals surface area contributed by atoms with Gasteiger partial charge in [0.05, 0.1) is 11.6 Å². The molecule has 0 atom stereocenters. The molecule has 1 heterocycles. The summed E-state index contributed by atoms with van der Waals surface area (Å²) in [6.07, 6.45) is 1.33. The van der Waals surface area contributed by atoms with Crippen LogP contribution in [0.3, 0.4) is 0 Å². The second-order valence-electron chi connectivity index (χ2n) is 2.11. The van der Waals surface area contributed by atoms with Crippen molar-refractivity contribution in [3.05, 3.63) is 28.0 Å². The first kappa shape index (κ1) is 9.45. The Morgan fingerprint density at radius 1 is 1.58 bits per heavy atom. The van der Waals surface area contributed by atoms with E-state index >= 15 is 0 Å². The van der Waals surface area contributed by atoms with Crippen LogP contribution in [0, 0.1) is 0 Å². The number of carbonyl (C=O) groups excluding carboxylic acids is 1. The summed E-state index contributed by atoms with van der Waals surface area (Å²) in [5.41, 5.74) is 5.47. The molecule has 1 aromatic rings. The molecule has 1 rings (SSSR count). The number of hydrogen-bond donors (Lipinski definition) is 1. The highest BCUT2D eigenvalue weighted by molar-refractivity contribution is 6.35. The second-order valence-corrected chi connectivity index (χ2v) is 2.91. The van der Waals surface area contributed by atoms with Gasteiger partial charge in [0.1, 0.15) is 5.15 Å². The fourth-order valence-corrected chi connectivity index (χ4v) is 1.10. The van der Waals surface area contributed by atoms with Crippen molar-refractivity contribution in [1.29, 1.82) is 0 Å². The molecule has 0 aliphatic heterocycles. The van der Waals surface area contributed by atoms with Crippen molar-refractivity contribution >= 4 is 29.0 Å². The Bertz CT molecular complexity index is 314. The standard InChI is InChI=1S/C7H6Cl2N2O/c8-5-3-11-7(9)1-4(5)6(12)2-10/h1,3H,2,10H2. The van der Waals surface area contributed by atoms with E-state index in [1.807, 2.05) is 0 Å². The zero-order chi connectivity index (χ0) is 9.14. The summed E-state index contributed by atoms with van der Waals surface area (Å²) >= 11 is 11.2. The molecule has 0 saturated heterocycles. The summed E-state index contributed by atoms with van der Waals surface area (Å²) in [4.78, 5) is 14.8. The van der Waals surface area contributed by atoms with Gasteiger partial charge < -0.3 is 5.73 Å². The van der Waals surface area contributed by atoms with E-state index < -0.39 is 0 Å². The average molecular weight is 205 g/mol. The SMILES string of the molecule is NCC(=O)c1cc(Cl)ncc1Cl. The monoisotopic (exact) mass is 204 g/mol. The van der Waals surface area contributed by atoms with Crippen molar-refractivity contribution in [1.82, 2.24) is 4.98 Å². The van der Waals surface area contributed by atoms with Crippen LogP contribution in [0.5, 0.6) is 0 Å². The van der Waals surface area contributed by atoms with Crippen LogP contribution in [0.15, 0.2) is 12.3 Å². The molecule has 0 aliphatic carbocycles. The van der Waals surface area contributed by atoms with Crippen molar-refractivity contribution in [2.45, 2.75) is 0 Å². The van der Waals surface area contributed by atoms with Gasteiger partial charge in [-0.05, 0) is 6.07 Å². The smallest absolute Gasteiger partial charge is 0.178 e. The van der Waals surface area contributed by atoms with Gasteiger partial charge in [-0.2, -0.15) is 0 Å². The highest BCUT2D eigenvalue weighted by Gasteiger charge is 2.09. The van der Waals surface area contributed by atoms with E-state index in [1.54, 1.807) is 0 Å². The summed E-state index contributed by atoms with van der Waals surface area (Å²) < 4.78 is 0. The topological polar surface area (TPSA) is 56.0 Å². The molecule has 0 fully saturated rings. The Morgan fingerprint density at radius 3 is 2.83 bits per heavy atom. The van der Waals surface area contributed by atoms with Crippen molar-refractivity contribution in [2.75, 3.05) is 6.54 Å². The molecule has 3 nitrogen and oxygen atoms in total. The quantitative estimate of drug-likeness (QED) is 0.588. The van der Waals surface area contributed by atoms with Gasteiger partial charge in [-0.15, -0.1) is 0 Å². The second kappa shape index (κ2) is 3.85. The fourth-order valence-electron chi connectivity index (χ4n) is 0.737. The van der Waals surface area contributed by atoms with Gasteiger partial charge >= 0.3 is 0 Å². The number of Topliss-reactive ketones (excluding diaryl/α,β-unsaturated/α-hetero) is 1. The van der Waals surface area contributed by atoms with Crippen molar-refractivity contribution < 1.29 is 4.79 Å². The molecule has 0 saturated carbocycles. The third-order valence-electron chi connectivity index (χ3n) is 1.31. The lowest BCUT2D eigenvalue weighted by atomic mass is 10.2. The van der Waals surface area contributed by atoms with E-state index in [4.69, 9.17) is 28.9 Å². The number of carbonyl (C=O) groups is 1. The van der Waals surface area contributed by atoms with E-state index in [9.17, 15) is 4.79 Å². The lowest BCUT2D eigenvalue weighted by Crippen LogP contribution is -2.14. The fraction of sp³-hybridized carbons (Fsp3) is 0.143. The molecule has 1 aromatic heterocycles. The molecule has 0 aromatic carbocycles. The minimum absolute atomic E-state index is 0.0833. The lowest BCUT2D eigenvalue weighted by molar-refractivity contribution is 0.100. The summed E-state index contributed by atoms with van der Waals surface area (Å²) in [6, 6.07) is 1.40. The van der Waals surface area contributed by atoms with Crippen LogP contribution in [0.4, 0.5) is 0 Å². The van der Waals surface area contributed by atoms with Gasteiger partial charge in [-0.3, -0.25) is 4.79 Å². The minimum atomic E-state index is -0.246. The molecule has 0 aliphatic rings. The van der Waals surface area contributed by atoms with E-state index in [0.717, 1.165) is 0 Å². The van der Waals surface area contributed by atoms with Crippen molar-refractivity contribution in [2.24, 2.45) is 5.73 Å². The maximum absolute atomic E-state index is 11.1. The highest BCUT2D eigenvalue weighted by atomic mass is 35.5. The number of rotatable bonds is 2. The molecule has 0 radical (unpaired) electrons. The van der Waals surface area contributed by atoms with Gasteiger partial charge in [0.15, 0.2) is 5.78 Å². The number of aromatic nitrogens is 1. The summed E-state index contributed by atoms with van der Waals surface area (Å²) in [7, 11) is 0. The Hall–Kier alpha value is -0.640. The van der Waals surface area contributed by atoms with Gasteiger partial charge in [0, 0.05) is 11.8 Å². The van der Waals surface area contributed by atoms with Gasteiger partial charge in [-0.25, -0.2) is 4.98 Å². The number of pyridine rings is 1. The lowest BCUT2D eigenvalue weighted by Gasteiger charge is -2.00. The van der Waals surface area contributed by atoms with Crippen molar-refractivity contribution in [3.8, 4) is 0 Å². The predicted molar refractivity (Wildman–Crippen MR) is 47.6 cm³/mol. The van der Waals surface area contributed by atoms with E-state index in [1.165, 1.54) is 12.3 Å². The summed E-state index contributed by atoms with van der Waals surface area (Å²) in [5, 5.41) is 0.506. The Balaban J connectivity index is 3.13. The van der Waals surface area contributed by atoms with E-state index in [0.29, 0.717) is 5.56 Å². The van der Waals surface area contributed by atoms with Crippen LogP contribution in [0.25, 0.3) is 0 Å². The number of hydrogen-bond acceptors (Lipinski definition) is 3. The molecule has 0 spiro atoms. The van der Waals surface area contributed by atoms with Crippen LogP contribution in [-0.2, 0) is 0 Å². The van der Waals surface area contributed by atoms with Crippen LogP contribution < -0.4 is 5.73 Å². The molecular formula is C7H6Cl2N2O. The Kier molecular flexibility index (Phi) is 3.03. The van der Waals surface area contributed by atoms with Gasteiger partial charge in [0.25, 0.3) is 0 Å². The predicted octanol–water partition coefficient (Wildman–Crippen LogP) is 1.53. The van der Waals surface area contributed by atoms with Crippen LogP contribution in [0.2, 0.25) is 10.2 Å². The first-order valence-corrected chi connectivity index (χ1v) is 3.95. The van der Waals surface area contributed by atoms with E-state index in [-0.39, 0.29) is 22.5 Å². The first-order chi connectivity index (χ1) is 5.65. The van der Waals surface area contributed by atoms with Gasteiger partial charge in [-0.1, -0.05) is 23.2 Å². The Labute approximate surface area is 79.5 Å². The zero-order valence-corrected chi connectivity index (χ0v) is 7.56. The van der Waals surface area contributed by atoms with Crippen LogP contribution in [-0.4, -0.2) is 17.3 Å². The third kappa shape index (κ3) is 1.94. The molecule has 64 valence electrons. The summed E-state index contributed by atoms with van der Waals surface area (Å²) in [6.45, 7) is -0.0833.